The monoisotopic (exact) mass is 249 g/mol. The maximum Gasteiger partial charge on any atom is 0.119 e. The van der Waals surface area contributed by atoms with Crippen LogP contribution in [0.25, 0.3) is 0 Å². The van der Waals surface area contributed by atoms with E-state index in [1.54, 1.807) is 0 Å². The van der Waals surface area contributed by atoms with Crippen molar-refractivity contribution in [3.8, 4) is 5.75 Å². The van der Waals surface area contributed by atoms with Crippen molar-refractivity contribution in [1.29, 1.82) is 0 Å². The minimum absolute atomic E-state index is 0.555. The van der Waals surface area contributed by atoms with E-state index in [2.05, 4.69) is 57.3 Å². The largest absolute Gasteiger partial charge is 0.494 e. The summed E-state index contributed by atoms with van der Waals surface area (Å²) in [6.45, 7) is 10.6. The van der Waals surface area contributed by atoms with Gasteiger partial charge in [0.25, 0.3) is 0 Å². The standard InChI is InChI=1S/C16H27NO/c1-5-14(4)15-7-9-16(10-8-15)18-12-6-11-17-13(2)3/h7-10,13-14,17H,5-6,11-12H2,1-4H3. The maximum absolute atomic E-state index is 5.72. The first-order valence-electron chi connectivity index (χ1n) is 7.09. The van der Waals surface area contributed by atoms with Gasteiger partial charge in [0.2, 0.25) is 0 Å². The second-order valence-corrected chi connectivity index (χ2v) is 5.19. The molecule has 0 bridgehead atoms. The third-order valence-corrected chi connectivity index (χ3v) is 3.20. The van der Waals surface area contributed by atoms with E-state index in [9.17, 15) is 0 Å². The van der Waals surface area contributed by atoms with E-state index in [0.717, 1.165) is 25.3 Å². The second-order valence-electron chi connectivity index (χ2n) is 5.19. The first-order chi connectivity index (χ1) is 8.63. The van der Waals surface area contributed by atoms with Crippen LogP contribution in [0.2, 0.25) is 0 Å². The van der Waals surface area contributed by atoms with Crippen LogP contribution < -0.4 is 10.1 Å². The third-order valence-electron chi connectivity index (χ3n) is 3.20. The molecule has 0 aliphatic heterocycles. The van der Waals surface area contributed by atoms with Crippen molar-refractivity contribution in [2.75, 3.05) is 13.2 Å². The summed E-state index contributed by atoms with van der Waals surface area (Å²) < 4.78 is 5.72. The van der Waals surface area contributed by atoms with Crippen molar-refractivity contribution in [2.24, 2.45) is 0 Å². The molecule has 1 N–H and O–H groups in total. The van der Waals surface area contributed by atoms with Crippen molar-refractivity contribution in [2.45, 2.75) is 52.5 Å². The molecule has 0 fully saturated rings. The van der Waals surface area contributed by atoms with E-state index in [0.29, 0.717) is 12.0 Å². The molecule has 0 saturated heterocycles. The lowest BCUT2D eigenvalue weighted by molar-refractivity contribution is 0.306. The van der Waals surface area contributed by atoms with Crippen LogP contribution in [0.15, 0.2) is 24.3 Å². The lowest BCUT2D eigenvalue weighted by Crippen LogP contribution is -2.24. The zero-order valence-electron chi connectivity index (χ0n) is 12.2. The summed E-state index contributed by atoms with van der Waals surface area (Å²) in [5.74, 6) is 1.61. The minimum Gasteiger partial charge on any atom is -0.494 e. The van der Waals surface area contributed by atoms with Gasteiger partial charge in [0.15, 0.2) is 0 Å². The molecule has 1 aromatic rings. The number of hydrogen-bond acceptors (Lipinski definition) is 2. The molecule has 0 spiro atoms. The Morgan fingerprint density at radius 2 is 1.78 bits per heavy atom. The summed E-state index contributed by atoms with van der Waals surface area (Å²) in [4.78, 5) is 0. The number of rotatable bonds is 8. The Morgan fingerprint density at radius 1 is 1.11 bits per heavy atom. The van der Waals surface area contributed by atoms with Crippen LogP contribution in [-0.2, 0) is 0 Å². The normalized spacial score (nSPS) is 12.7. The SMILES string of the molecule is CCC(C)c1ccc(OCCCNC(C)C)cc1. The zero-order chi connectivity index (χ0) is 13.4. The van der Waals surface area contributed by atoms with Gasteiger partial charge in [-0.15, -0.1) is 0 Å². The molecule has 2 heteroatoms. The Morgan fingerprint density at radius 3 is 2.33 bits per heavy atom. The molecule has 0 aliphatic carbocycles. The van der Waals surface area contributed by atoms with E-state index in [-0.39, 0.29) is 0 Å². The average Bonchev–Trinajstić information content (AvgIpc) is 2.38. The number of ether oxygens (including phenoxy) is 1. The van der Waals surface area contributed by atoms with Gasteiger partial charge >= 0.3 is 0 Å². The van der Waals surface area contributed by atoms with E-state index in [1.165, 1.54) is 12.0 Å². The Labute approximate surface area is 112 Å². The first kappa shape index (κ1) is 15.0. The third kappa shape index (κ3) is 5.54. The molecule has 0 aromatic heterocycles. The molecule has 1 aromatic carbocycles. The van der Waals surface area contributed by atoms with E-state index in [4.69, 9.17) is 4.74 Å². The topological polar surface area (TPSA) is 21.3 Å². The highest BCUT2D eigenvalue weighted by atomic mass is 16.5. The van der Waals surface area contributed by atoms with Crippen LogP contribution in [0, 0.1) is 0 Å². The van der Waals surface area contributed by atoms with Crippen molar-refractivity contribution < 1.29 is 4.74 Å². The summed E-state index contributed by atoms with van der Waals surface area (Å²) in [5.41, 5.74) is 1.39. The van der Waals surface area contributed by atoms with E-state index < -0.39 is 0 Å². The predicted molar refractivity (Wildman–Crippen MR) is 78.4 cm³/mol. The van der Waals surface area contributed by atoms with Crippen LogP contribution in [0.5, 0.6) is 5.75 Å². The van der Waals surface area contributed by atoms with Gasteiger partial charge in [-0.3, -0.25) is 0 Å². The van der Waals surface area contributed by atoms with Gasteiger partial charge in [-0.05, 0) is 43.0 Å². The number of nitrogens with one attached hydrogen (secondary N) is 1. The van der Waals surface area contributed by atoms with Gasteiger partial charge < -0.3 is 10.1 Å². The Balaban J connectivity index is 2.27. The minimum atomic E-state index is 0.555. The van der Waals surface area contributed by atoms with Gasteiger partial charge in [-0.1, -0.05) is 39.8 Å². The maximum atomic E-state index is 5.72. The average molecular weight is 249 g/mol. The van der Waals surface area contributed by atoms with Gasteiger partial charge in [-0.2, -0.15) is 0 Å². The van der Waals surface area contributed by atoms with Crippen molar-refractivity contribution in [1.82, 2.24) is 5.32 Å². The summed E-state index contributed by atoms with van der Waals surface area (Å²) in [5, 5.41) is 3.38. The Bertz CT molecular complexity index is 318. The van der Waals surface area contributed by atoms with Crippen molar-refractivity contribution in [3.05, 3.63) is 29.8 Å². The molecule has 0 aliphatic rings. The van der Waals surface area contributed by atoms with Crippen LogP contribution in [-0.4, -0.2) is 19.2 Å². The molecule has 18 heavy (non-hydrogen) atoms. The summed E-state index contributed by atoms with van der Waals surface area (Å²) in [6, 6.07) is 9.07. The highest BCUT2D eigenvalue weighted by molar-refractivity contribution is 5.29. The molecule has 0 heterocycles. The van der Waals surface area contributed by atoms with Gasteiger partial charge in [0.05, 0.1) is 6.61 Å². The zero-order valence-corrected chi connectivity index (χ0v) is 12.2. The fraction of sp³-hybridized carbons (Fsp3) is 0.625. The summed E-state index contributed by atoms with van der Waals surface area (Å²) in [6.07, 6.45) is 2.23. The molecule has 1 unspecified atom stereocenters. The Kier molecular flexibility index (Phi) is 6.81. The molecular weight excluding hydrogens is 222 g/mol. The molecule has 102 valence electrons. The molecule has 2 nitrogen and oxygen atoms in total. The number of benzene rings is 1. The van der Waals surface area contributed by atoms with Crippen LogP contribution >= 0.6 is 0 Å². The first-order valence-corrected chi connectivity index (χ1v) is 7.09. The smallest absolute Gasteiger partial charge is 0.119 e. The second kappa shape index (κ2) is 8.15. The van der Waals surface area contributed by atoms with Crippen molar-refractivity contribution in [3.63, 3.8) is 0 Å². The fourth-order valence-corrected chi connectivity index (χ4v) is 1.78. The van der Waals surface area contributed by atoms with Crippen molar-refractivity contribution >= 4 is 0 Å². The van der Waals surface area contributed by atoms with Crippen LogP contribution in [0.1, 0.15) is 52.0 Å². The van der Waals surface area contributed by atoms with E-state index >= 15 is 0 Å². The highest BCUT2D eigenvalue weighted by Crippen LogP contribution is 2.21. The summed E-state index contributed by atoms with van der Waals surface area (Å²) >= 11 is 0. The van der Waals surface area contributed by atoms with E-state index in [1.807, 2.05) is 0 Å². The van der Waals surface area contributed by atoms with Gasteiger partial charge in [-0.25, -0.2) is 0 Å². The van der Waals surface area contributed by atoms with Gasteiger partial charge in [0.1, 0.15) is 5.75 Å². The van der Waals surface area contributed by atoms with Crippen LogP contribution in [0.4, 0.5) is 0 Å². The number of hydrogen-bond donors (Lipinski definition) is 1. The van der Waals surface area contributed by atoms with Crippen LogP contribution in [0.3, 0.4) is 0 Å². The molecular formula is C16H27NO. The molecule has 0 amide bonds. The lowest BCUT2D eigenvalue weighted by Gasteiger charge is -2.11. The molecule has 1 atom stereocenters. The van der Waals surface area contributed by atoms with Gasteiger partial charge in [0, 0.05) is 6.04 Å². The molecule has 0 saturated carbocycles. The highest BCUT2D eigenvalue weighted by Gasteiger charge is 2.02. The Hall–Kier alpha value is -1.02. The molecule has 0 radical (unpaired) electrons. The quantitative estimate of drug-likeness (QED) is 0.704. The molecule has 1 rings (SSSR count). The fourth-order valence-electron chi connectivity index (χ4n) is 1.78. The predicted octanol–water partition coefficient (Wildman–Crippen LogP) is 3.97. The summed E-state index contributed by atoms with van der Waals surface area (Å²) in [7, 11) is 0. The lowest BCUT2D eigenvalue weighted by atomic mass is 9.99.